The zero-order valence-electron chi connectivity index (χ0n) is 9.67. The Morgan fingerprint density at radius 1 is 1.16 bits per heavy atom. The van der Waals surface area contributed by atoms with E-state index in [-0.39, 0.29) is 5.56 Å². The second-order valence-electron chi connectivity index (χ2n) is 3.68. The Balaban J connectivity index is 3.00. The van der Waals surface area contributed by atoms with Crippen LogP contribution in [0.3, 0.4) is 0 Å². The van der Waals surface area contributed by atoms with E-state index in [0.29, 0.717) is 15.1 Å². The number of amides is 1. The van der Waals surface area contributed by atoms with Gasteiger partial charge < -0.3 is 20.8 Å². The van der Waals surface area contributed by atoms with Crippen molar-refractivity contribution in [3.63, 3.8) is 0 Å². The van der Waals surface area contributed by atoms with Crippen LogP contribution in [-0.4, -0.2) is 46.0 Å². The predicted octanol–water partition coefficient (Wildman–Crippen LogP) is 0.643. The third-order valence-electron chi connectivity index (χ3n) is 2.18. The molecule has 0 radical (unpaired) electrons. The number of carbonyl (C=O) groups is 3. The molecule has 1 amide bonds. The van der Waals surface area contributed by atoms with Crippen LogP contribution in [0.5, 0.6) is 0 Å². The molecular weight excluding hydrogens is 320 g/mol. The van der Waals surface area contributed by atoms with Crippen molar-refractivity contribution in [3.05, 3.63) is 28.2 Å². The summed E-state index contributed by atoms with van der Waals surface area (Å²) in [4.78, 5) is 34.0. The highest BCUT2D eigenvalue weighted by atomic mass is 79.9. The molecule has 1 aromatic rings. The summed E-state index contributed by atoms with van der Waals surface area (Å²) in [6.45, 7) is -1.39. The first-order valence-corrected chi connectivity index (χ1v) is 5.88. The van der Waals surface area contributed by atoms with Gasteiger partial charge in [0.05, 0.1) is 0 Å². The molecule has 0 aliphatic heterocycles. The summed E-state index contributed by atoms with van der Waals surface area (Å²) >= 11 is 3.16. The maximum atomic E-state index is 12.0. The minimum absolute atomic E-state index is 0.128. The molecule has 0 fully saturated rings. The van der Waals surface area contributed by atoms with Crippen molar-refractivity contribution in [2.75, 3.05) is 18.8 Å². The number of nitrogen functional groups attached to an aromatic ring is 1. The van der Waals surface area contributed by atoms with E-state index in [0.717, 1.165) is 0 Å². The lowest BCUT2D eigenvalue weighted by molar-refractivity contribution is -0.140. The smallest absolute Gasteiger partial charge is 0.323 e. The van der Waals surface area contributed by atoms with Crippen LogP contribution in [0.15, 0.2) is 22.7 Å². The van der Waals surface area contributed by atoms with Crippen LogP contribution in [-0.2, 0) is 9.59 Å². The lowest BCUT2D eigenvalue weighted by Gasteiger charge is -2.18. The van der Waals surface area contributed by atoms with Gasteiger partial charge in [0, 0.05) is 15.7 Å². The van der Waals surface area contributed by atoms with E-state index in [2.05, 4.69) is 15.9 Å². The summed E-state index contributed by atoms with van der Waals surface area (Å²) in [6, 6.07) is 4.31. The van der Waals surface area contributed by atoms with Crippen LogP contribution >= 0.6 is 15.9 Å². The molecular formula is C11H11BrN2O5. The quantitative estimate of drug-likeness (QED) is 0.681. The second kappa shape index (κ2) is 6.19. The second-order valence-corrected chi connectivity index (χ2v) is 4.54. The number of nitrogens with zero attached hydrogens (tertiary/aromatic N) is 1. The van der Waals surface area contributed by atoms with E-state index in [1.165, 1.54) is 18.2 Å². The standard InChI is InChI=1S/C11H11BrN2O5/c12-7-2-1-6(3-8(7)13)11(19)14(4-9(15)16)5-10(17)18/h1-3H,4-5,13H2,(H,15,16)(H,17,18). The van der Waals surface area contributed by atoms with Crippen molar-refractivity contribution < 1.29 is 24.6 Å². The van der Waals surface area contributed by atoms with Gasteiger partial charge >= 0.3 is 11.9 Å². The number of carboxylic acids is 2. The summed E-state index contributed by atoms with van der Waals surface area (Å²) in [5.41, 5.74) is 6.04. The molecule has 102 valence electrons. The van der Waals surface area contributed by atoms with Crippen molar-refractivity contribution >= 4 is 39.5 Å². The topological polar surface area (TPSA) is 121 Å². The number of nitrogens with two attached hydrogens (primary N) is 1. The fraction of sp³-hybridized carbons (Fsp3) is 0.182. The fourth-order valence-electron chi connectivity index (χ4n) is 1.39. The normalized spacial score (nSPS) is 9.95. The van der Waals surface area contributed by atoms with Gasteiger partial charge in [-0.1, -0.05) is 0 Å². The number of carbonyl (C=O) groups excluding carboxylic acids is 1. The molecule has 1 rings (SSSR count). The number of aliphatic carboxylic acids is 2. The first-order chi connectivity index (χ1) is 8.81. The van der Waals surface area contributed by atoms with Crippen LogP contribution in [0.25, 0.3) is 0 Å². The lowest BCUT2D eigenvalue weighted by atomic mass is 10.1. The molecule has 8 heteroatoms. The molecule has 4 N–H and O–H groups in total. The third-order valence-corrected chi connectivity index (χ3v) is 2.90. The molecule has 0 bridgehead atoms. The van der Waals surface area contributed by atoms with Crippen LogP contribution < -0.4 is 5.73 Å². The Labute approximate surface area is 116 Å². The fourth-order valence-corrected chi connectivity index (χ4v) is 1.63. The van der Waals surface area contributed by atoms with Gasteiger partial charge in [0.15, 0.2) is 0 Å². The number of rotatable bonds is 5. The van der Waals surface area contributed by atoms with Gasteiger partial charge in [0.2, 0.25) is 0 Å². The van der Waals surface area contributed by atoms with Gasteiger partial charge in [-0.25, -0.2) is 0 Å². The highest BCUT2D eigenvalue weighted by Gasteiger charge is 2.21. The Hall–Kier alpha value is -2.09. The van der Waals surface area contributed by atoms with Crippen molar-refractivity contribution in [1.29, 1.82) is 0 Å². The molecule has 0 aliphatic rings. The van der Waals surface area contributed by atoms with E-state index < -0.39 is 30.9 Å². The molecule has 7 nitrogen and oxygen atoms in total. The van der Waals surface area contributed by atoms with Crippen molar-refractivity contribution in [3.8, 4) is 0 Å². The lowest BCUT2D eigenvalue weighted by Crippen LogP contribution is -2.39. The molecule has 0 aliphatic carbocycles. The minimum atomic E-state index is -1.29. The number of anilines is 1. The summed E-state index contributed by atoms with van der Waals surface area (Å²) in [6.07, 6.45) is 0. The minimum Gasteiger partial charge on any atom is -0.480 e. The number of halogens is 1. The SMILES string of the molecule is Nc1cc(C(=O)N(CC(=O)O)CC(=O)O)ccc1Br. The monoisotopic (exact) mass is 330 g/mol. The van der Waals surface area contributed by atoms with Crippen LogP contribution in [0.2, 0.25) is 0 Å². The average Bonchev–Trinajstić information content (AvgIpc) is 2.29. The number of hydrogen-bond donors (Lipinski definition) is 3. The van der Waals surface area contributed by atoms with Gasteiger partial charge in [-0.3, -0.25) is 14.4 Å². The maximum Gasteiger partial charge on any atom is 0.323 e. The Morgan fingerprint density at radius 2 is 1.68 bits per heavy atom. The Morgan fingerprint density at radius 3 is 2.11 bits per heavy atom. The van der Waals surface area contributed by atoms with Gasteiger partial charge in [-0.2, -0.15) is 0 Å². The molecule has 1 aromatic carbocycles. The van der Waals surface area contributed by atoms with E-state index in [1.54, 1.807) is 0 Å². The van der Waals surface area contributed by atoms with E-state index >= 15 is 0 Å². The first-order valence-electron chi connectivity index (χ1n) is 5.09. The zero-order chi connectivity index (χ0) is 14.6. The first kappa shape index (κ1) is 15.0. The maximum absolute atomic E-state index is 12.0. The number of benzene rings is 1. The largest absolute Gasteiger partial charge is 0.480 e. The van der Waals surface area contributed by atoms with Gasteiger partial charge in [0.25, 0.3) is 5.91 Å². The molecule has 0 saturated heterocycles. The third kappa shape index (κ3) is 4.25. The molecule has 0 unspecified atom stereocenters. The van der Waals surface area contributed by atoms with E-state index in [9.17, 15) is 14.4 Å². The van der Waals surface area contributed by atoms with Crippen LogP contribution in [0.4, 0.5) is 5.69 Å². The molecule has 0 atom stereocenters. The van der Waals surface area contributed by atoms with Crippen molar-refractivity contribution in [2.45, 2.75) is 0 Å². The number of carboxylic acid groups (broad SMARTS) is 2. The molecule has 0 aromatic heterocycles. The van der Waals surface area contributed by atoms with Crippen molar-refractivity contribution in [2.24, 2.45) is 0 Å². The Kier molecular flexibility index (Phi) is 4.87. The predicted molar refractivity (Wildman–Crippen MR) is 69.7 cm³/mol. The molecule has 0 spiro atoms. The zero-order valence-corrected chi connectivity index (χ0v) is 11.3. The van der Waals surface area contributed by atoms with Crippen LogP contribution in [0, 0.1) is 0 Å². The summed E-state index contributed by atoms with van der Waals surface area (Å²) in [7, 11) is 0. The van der Waals surface area contributed by atoms with Gasteiger partial charge in [-0.05, 0) is 34.1 Å². The summed E-state index contributed by atoms with van der Waals surface area (Å²) in [5, 5.41) is 17.3. The van der Waals surface area contributed by atoms with Gasteiger partial charge in [-0.15, -0.1) is 0 Å². The molecule has 0 saturated carbocycles. The molecule has 0 heterocycles. The molecule has 19 heavy (non-hydrogen) atoms. The Bertz CT molecular complexity index is 516. The van der Waals surface area contributed by atoms with Crippen LogP contribution in [0.1, 0.15) is 10.4 Å². The number of hydrogen-bond acceptors (Lipinski definition) is 4. The van der Waals surface area contributed by atoms with E-state index in [1.807, 2.05) is 0 Å². The highest BCUT2D eigenvalue weighted by molar-refractivity contribution is 9.10. The summed E-state index contributed by atoms with van der Waals surface area (Å²) < 4.78 is 0.590. The van der Waals surface area contributed by atoms with Gasteiger partial charge in [0.1, 0.15) is 13.1 Å². The summed E-state index contributed by atoms with van der Waals surface area (Å²) in [5.74, 6) is -3.29. The highest BCUT2D eigenvalue weighted by Crippen LogP contribution is 2.21. The average molecular weight is 331 g/mol. The van der Waals surface area contributed by atoms with E-state index in [4.69, 9.17) is 15.9 Å². The van der Waals surface area contributed by atoms with Crippen molar-refractivity contribution in [1.82, 2.24) is 4.90 Å².